The number of para-hydroxylation sites is 1. The smallest absolute Gasteiger partial charge is 0.239 e. The highest BCUT2D eigenvalue weighted by molar-refractivity contribution is 6.30. The molecule has 0 fully saturated rings. The Kier molecular flexibility index (Phi) is 5.88. The fraction of sp³-hybridized carbons (Fsp3) is 0.150. The van der Waals surface area contributed by atoms with E-state index in [1.165, 1.54) is 7.05 Å². The maximum atomic E-state index is 12.3. The van der Waals surface area contributed by atoms with Crippen LogP contribution in [0.3, 0.4) is 0 Å². The van der Waals surface area contributed by atoms with Crippen molar-refractivity contribution in [2.24, 2.45) is 0 Å². The Balaban J connectivity index is 1.90. The van der Waals surface area contributed by atoms with Crippen molar-refractivity contribution in [3.05, 3.63) is 71.4 Å². The van der Waals surface area contributed by atoms with Crippen molar-refractivity contribution in [1.82, 2.24) is 20.4 Å². The summed E-state index contributed by atoms with van der Waals surface area (Å²) < 4.78 is 1.74. The molecule has 0 atom stereocenters. The molecule has 0 aliphatic heterocycles. The van der Waals surface area contributed by atoms with Gasteiger partial charge >= 0.3 is 0 Å². The molecular formula is C20H19ClN4O2. The van der Waals surface area contributed by atoms with Gasteiger partial charge in [-0.3, -0.25) is 9.59 Å². The van der Waals surface area contributed by atoms with Gasteiger partial charge in [0.1, 0.15) is 0 Å². The van der Waals surface area contributed by atoms with Crippen LogP contribution in [0.2, 0.25) is 5.02 Å². The molecule has 0 aliphatic carbocycles. The third-order valence-electron chi connectivity index (χ3n) is 4.00. The summed E-state index contributed by atoms with van der Waals surface area (Å²) in [5.74, 6) is -0.498. The topological polar surface area (TPSA) is 76.0 Å². The molecule has 2 aromatic carbocycles. The van der Waals surface area contributed by atoms with Gasteiger partial charge in [-0.1, -0.05) is 41.9 Å². The number of hydrogen-bond donors (Lipinski definition) is 2. The van der Waals surface area contributed by atoms with Crippen molar-refractivity contribution in [1.29, 1.82) is 0 Å². The van der Waals surface area contributed by atoms with Crippen LogP contribution in [-0.2, 0) is 16.0 Å². The maximum Gasteiger partial charge on any atom is 0.239 e. The summed E-state index contributed by atoms with van der Waals surface area (Å²) in [5.41, 5.74) is 3.22. The van der Waals surface area contributed by atoms with E-state index in [1.54, 1.807) is 16.8 Å². The fourth-order valence-electron chi connectivity index (χ4n) is 2.61. The number of rotatable bonds is 6. The van der Waals surface area contributed by atoms with E-state index in [4.69, 9.17) is 11.6 Å². The molecule has 0 saturated heterocycles. The molecule has 3 rings (SSSR count). The van der Waals surface area contributed by atoms with Crippen LogP contribution in [0.25, 0.3) is 16.9 Å². The van der Waals surface area contributed by atoms with Gasteiger partial charge in [0.2, 0.25) is 11.8 Å². The van der Waals surface area contributed by atoms with Gasteiger partial charge in [0.25, 0.3) is 0 Å². The van der Waals surface area contributed by atoms with Crippen LogP contribution in [0.1, 0.15) is 5.56 Å². The zero-order chi connectivity index (χ0) is 19.2. The molecule has 27 heavy (non-hydrogen) atoms. The number of aromatic nitrogens is 2. The molecule has 1 heterocycles. The van der Waals surface area contributed by atoms with Crippen LogP contribution in [0.5, 0.6) is 0 Å². The van der Waals surface area contributed by atoms with Crippen molar-refractivity contribution in [2.75, 3.05) is 13.6 Å². The SMILES string of the molecule is CNC(=O)CNC(=O)Cc1cn(-c2ccccc2)nc1-c1ccc(Cl)cc1. The highest BCUT2D eigenvalue weighted by Gasteiger charge is 2.16. The zero-order valence-electron chi connectivity index (χ0n) is 14.8. The lowest BCUT2D eigenvalue weighted by Crippen LogP contribution is -2.35. The van der Waals surface area contributed by atoms with Gasteiger partial charge in [0, 0.05) is 29.4 Å². The van der Waals surface area contributed by atoms with E-state index in [1.807, 2.05) is 48.7 Å². The number of hydrogen-bond acceptors (Lipinski definition) is 3. The second-order valence-electron chi connectivity index (χ2n) is 5.92. The van der Waals surface area contributed by atoms with Gasteiger partial charge in [0.15, 0.2) is 0 Å². The van der Waals surface area contributed by atoms with Crippen LogP contribution in [0.4, 0.5) is 0 Å². The molecular weight excluding hydrogens is 364 g/mol. The highest BCUT2D eigenvalue weighted by atomic mass is 35.5. The number of nitrogens with zero attached hydrogens (tertiary/aromatic N) is 2. The summed E-state index contributed by atoms with van der Waals surface area (Å²) in [7, 11) is 1.52. The summed E-state index contributed by atoms with van der Waals surface area (Å²) in [6.07, 6.45) is 1.94. The largest absolute Gasteiger partial charge is 0.358 e. The number of amides is 2. The first-order valence-corrected chi connectivity index (χ1v) is 8.82. The number of halogens is 1. The summed E-state index contributed by atoms with van der Waals surface area (Å²) in [6.45, 7) is -0.0571. The van der Waals surface area contributed by atoms with E-state index in [0.29, 0.717) is 10.7 Å². The van der Waals surface area contributed by atoms with E-state index in [9.17, 15) is 9.59 Å². The number of carbonyl (C=O) groups excluding carboxylic acids is 2. The average molecular weight is 383 g/mol. The van der Waals surface area contributed by atoms with E-state index >= 15 is 0 Å². The van der Waals surface area contributed by atoms with Crippen molar-refractivity contribution < 1.29 is 9.59 Å². The molecule has 6 nitrogen and oxygen atoms in total. The van der Waals surface area contributed by atoms with Crippen LogP contribution >= 0.6 is 11.6 Å². The summed E-state index contributed by atoms with van der Waals surface area (Å²) in [5, 5.41) is 10.4. The first kappa shape index (κ1) is 18.7. The van der Waals surface area contributed by atoms with Crippen LogP contribution in [-0.4, -0.2) is 35.2 Å². The van der Waals surface area contributed by atoms with Gasteiger partial charge in [0.05, 0.1) is 24.3 Å². The third kappa shape index (κ3) is 4.74. The molecule has 0 spiro atoms. The van der Waals surface area contributed by atoms with Gasteiger partial charge in [-0.05, 0) is 24.3 Å². The average Bonchev–Trinajstić information content (AvgIpc) is 3.11. The Bertz CT molecular complexity index is 936. The number of likely N-dealkylation sites (N-methyl/N-ethyl adjacent to an activating group) is 1. The van der Waals surface area contributed by atoms with Crippen LogP contribution in [0, 0.1) is 0 Å². The van der Waals surface area contributed by atoms with Gasteiger partial charge in [-0.2, -0.15) is 5.10 Å². The minimum absolute atomic E-state index is 0.0571. The quantitative estimate of drug-likeness (QED) is 0.688. The molecule has 0 unspecified atom stereocenters. The Morgan fingerprint density at radius 2 is 1.74 bits per heavy atom. The van der Waals surface area contributed by atoms with E-state index < -0.39 is 0 Å². The van der Waals surface area contributed by atoms with Crippen LogP contribution < -0.4 is 10.6 Å². The second-order valence-corrected chi connectivity index (χ2v) is 6.35. The van der Waals surface area contributed by atoms with Gasteiger partial charge in [-0.15, -0.1) is 0 Å². The molecule has 2 amide bonds. The predicted octanol–water partition coefficient (Wildman–Crippen LogP) is 2.60. The van der Waals surface area contributed by atoms with Crippen molar-refractivity contribution in [2.45, 2.75) is 6.42 Å². The van der Waals surface area contributed by atoms with Crippen molar-refractivity contribution in [3.8, 4) is 16.9 Å². The third-order valence-corrected chi connectivity index (χ3v) is 4.26. The lowest BCUT2D eigenvalue weighted by molar-refractivity contribution is -0.125. The van der Waals surface area contributed by atoms with E-state index in [-0.39, 0.29) is 24.8 Å². The highest BCUT2D eigenvalue weighted by Crippen LogP contribution is 2.25. The Morgan fingerprint density at radius 3 is 2.41 bits per heavy atom. The number of carbonyl (C=O) groups is 2. The molecule has 2 N–H and O–H groups in total. The first-order valence-electron chi connectivity index (χ1n) is 8.44. The first-order chi connectivity index (χ1) is 13.1. The zero-order valence-corrected chi connectivity index (χ0v) is 15.5. The maximum absolute atomic E-state index is 12.3. The van der Waals surface area contributed by atoms with Crippen molar-refractivity contribution in [3.63, 3.8) is 0 Å². The van der Waals surface area contributed by atoms with Crippen molar-refractivity contribution >= 4 is 23.4 Å². The summed E-state index contributed by atoms with van der Waals surface area (Å²) in [4.78, 5) is 23.6. The lowest BCUT2D eigenvalue weighted by atomic mass is 10.1. The van der Waals surface area contributed by atoms with Gasteiger partial charge < -0.3 is 10.6 Å². The Hall–Kier alpha value is -3.12. The number of benzene rings is 2. The Labute approximate surface area is 162 Å². The molecule has 1 aromatic heterocycles. The van der Waals surface area contributed by atoms with Gasteiger partial charge in [-0.25, -0.2) is 4.68 Å². The fourth-order valence-corrected chi connectivity index (χ4v) is 2.73. The molecule has 0 aliphatic rings. The molecule has 0 radical (unpaired) electrons. The predicted molar refractivity (Wildman–Crippen MR) is 105 cm³/mol. The molecule has 0 saturated carbocycles. The second kappa shape index (κ2) is 8.51. The number of nitrogens with one attached hydrogen (secondary N) is 2. The monoisotopic (exact) mass is 382 g/mol. The Morgan fingerprint density at radius 1 is 1.04 bits per heavy atom. The lowest BCUT2D eigenvalue weighted by Gasteiger charge is -2.05. The normalized spacial score (nSPS) is 10.4. The molecule has 0 bridgehead atoms. The minimum Gasteiger partial charge on any atom is -0.358 e. The van der Waals surface area contributed by atoms with E-state index in [0.717, 1.165) is 16.8 Å². The standard InChI is InChI=1S/C20H19ClN4O2/c1-22-19(27)12-23-18(26)11-15-13-25(17-5-3-2-4-6-17)24-20(15)14-7-9-16(21)10-8-14/h2-10,13H,11-12H2,1H3,(H,22,27)(H,23,26). The molecule has 3 aromatic rings. The van der Waals surface area contributed by atoms with E-state index in [2.05, 4.69) is 15.7 Å². The van der Waals surface area contributed by atoms with Crippen LogP contribution in [0.15, 0.2) is 60.8 Å². The minimum atomic E-state index is -0.249. The molecule has 7 heteroatoms. The summed E-state index contributed by atoms with van der Waals surface area (Å²) in [6, 6.07) is 17.0. The summed E-state index contributed by atoms with van der Waals surface area (Å²) >= 11 is 5.98. The molecule has 138 valence electrons.